The fourth-order valence-corrected chi connectivity index (χ4v) is 3.56. The van der Waals surface area contributed by atoms with Gasteiger partial charge in [-0.2, -0.15) is 0 Å². The third-order valence-electron chi connectivity index (χ3n) is 4.92. The lowest BCUT2D eigenvalue weighted by molar-refractivity contribution is -0.135. The van der Waals surface area contributed by atoms with Crippen LogP contribution in [0.5, 0.6) is 5.75 Å². The second kappa shape index (κ2) is 9.47. The Kier molecular flexibility index (Phi) is 6.77. The predicted molar refractivity (Wildman–Crippen MR) is 115 cm³/mol. The van der Waals surface area contributed by atoms with Crippen molar-refractivity contribution >= 4 is 29.1 Å². The zero-order valence-electron chi connectivity index (χ0n) is 16.4. The van der Waals surface area contributed by atoms with Crippen molar-refractivity contribution in [1.29, 1.82) is 0 Å². The molecule has 1 saturated heterocycles. The molecule has 0 bridgehead atoms. The molecule has 1 fully saturated rings. The van der Waals surface area contributed by atoms with Crippen molar-refractivity contribution < 1.29 is 14.3 Å². The number of ether oxygens (including phenoxy) is 1. The van der Waals surface area contributed by atoms with E-state index < -0.39 is 0 Å². The Morgan fingerprint density at radius 2 is 1.79 bits per heavy atom. The molecule has 1 N–H and O–H groups in total. The van der Waals surface area contributed by atoms with Crippen molar-refractivity contribution in [3.8, 4) is 16.9 Å². The molecule has 0 spiro atoms. The largest absolute Gasteiger partial charge is 0.495 e. The van der Waals surface area contributed by atoms with Gasteiger partial charge in [0, 0.05) is 31.7 Å². The van der Waals surface area contributed by atoms with Crippen LogP contribution in [0.25, 0.3) is 11.1 Å². The van der Waals surface area contributed by atoms with Crippen LogP contribution in [0.4, 0.5) is 5.69 Å². The predicted octanol–water partition coefficient (Wildman–Crippen LogP) is 3.28. The van der Waals surface area contributed by atoms with Crippen LogP contribution in [0.15, 0.2) is 55.1 Å². The first-order valence-corrected chi connectivity index (χ1v) is 9.77. The van der Waals surface area contributed by atoms with E-state index in [1.54, 1.807) is 23.0 Å². The van der Waals surface area contributed by atoms with Crippen LogP contribution in [0.2, 0.25) is 5.02 Å². The van der Waals surface area contributed by atoms with Gasteiger partial charge >= 0.3 is 0 Å². The lowest BCUT2D eigenvalue weighted by Gasteiger charge is -2.34. The highest BCUT2D eigenvalue weighted by molar-refractivity contribution is 6.33. The van der Waals surface area contributed by atoms with Gasteiger partial charge in [-0.1, -0.05) is 48.5 Å². The molecule has 2 amide bonds. The fourth-order valence-electron chi connectivity index (χ4n) is 3.29. The Hall–Kier alpha value is -2.99. The highest BCUT2D eigenvalue weighted by atomic mass is 35.5. The summed E-state index contributed by atoms with van der Waals surface area (Å²) in [7, 11) is 1.58. The molecular formula is C22H24ClN3O3. The van der Waals surface area contributed by atoms with Crippen LogP contribution in [-0.4, -0.2) is 61.4 Å². The van der Waals surface area contributed by atoms with Gasteiger partial charge in [0.05, 0.1) is 24.4 Å². The molecule has 0 atom stereocenters. The summed E-state index contributed by atoms with van der Waals surface area (Å²) in [5, 5.41) is 3.70. The Bertz CT molecular complexity index is 894. The number of piperazine rings is 1. The number of nitrogens with one attached hydrogen (secondary N) is 1. The van der Waals surface area contributed by atoms with E-state index in [9.17, 15) is 9.59 Å². The monoisotopic (exact) mass is 413 g/mol. The van der Waals surface area contributed by atoms with Crippen molar-refractivity contribution in [1.82, 2.24) is 9.80 Å². The minimum Gasteiger partial charge on any atom is -0.495 e. The van der Waals surface area contributed by atoms with Crippen molar-refractivity contribution in [3.63, 3.8) is 0 Å². The van der Waals surface area contributed by atoms with E-state index in [2.05, 4.69) is 11.9 Å². The molecular weight excluding hydrogens is 390 g/mol. The average molecular weight is 414 g/mol. The maximum Gasteiger partial charge on any atom is 0.246 e. The van der Waals surface area contributed by atoms with E-state index in [0.717, 1.165) is 11.1 Å². The summed E-state index contributed by atoms with van der Waals surface area (Å²) in [6, 6.07) is 13.4. The second-order valence-electron chi connectivity index (χ2n) is 6.66. The van der Waals surface area contributed by atoms with Crippen molar-refractivity contribution in [2.75, 3.05) is 45.2 Å². The second-order valence-corrected chi connectivity index (χ2v) is 7.07. The zero-order valence-corrected chi connectivity index (χ0v) is 17.1. The van der Waals surface area contributed by atoms with Crippen LogP contribution in [-0.2, 0) is 9.59 Å². The molecule has 2 aromatic carbocycles. The smallest absolute Gasteiger partial charge is 0.246 e. The number of nitrogens with zero attached hydrogens (tertiary/aromatic N) is 2. The molecule has 1 aliphatic heterocycles. The van der Waals surface area contributed by atoms with Gasteiger partial charge in [-0.15, -0.1) is 0 Å². The van der Waals surface area contributed by atoms with Gasteiger partial charge in [0.2, 0.25) is 11.8 Å². The lowest BCUT2D eigenvalue weighted by atomic mass is 10.0. The van der Waals surface area contributed by atoms with Gasteiger partial charge in [0.25, 0.3) is 0 Å². The van der Waals surface area contributed by atoms with Gasteiger partial charge in [-0.05, 0) is 23.8 Å². The van der Waals surface area contributed by atoms with Crippen LogP contribution < -0.4 is 10.1 Å². The first-order valence-electron chi connectivity index (χ1n) is 9.39. The molecule has 7 heteroatoms. The highest BCUT2D eigenvalue weighted by Crippen LogP contribution is 2.37. The third-order valence-corrected chi connectivity index (χ3v) is 5.24. The first kappa shape index (κ1) is 20.7. The highest BCUT2D eigenvalue weighted by Gasteiger charge is 2.23. The van der Waals surface area contributed by atoms with Crippen LogP contribution in [0, 0.1) is 0 Å². The van der Waals surface area contributed by atoms with Crippen molar-refractivity contribution in [2.24, 2.45) is 0 Å². The average Bonchev–Trinajstić information content (AvgIpc) is 2.77. The Balaban J connectivity index is 1.65. The Morgan fingerprint density at radius 3 is 2.41 bits per heavy atom. The molecule has 1 aliphatic rings. The molecule has 0 aromatic heterocycles. The van der Waals surface area contributed by atoms with Gasteiger partial charge < -0.3 is 19.9 Å². The molecule has 2 aromatic rings. The molecule has 0 unspecified atom stereocenters. The normalized spacial score (nSPS) is 13.7. The van der Waals surface area contributed by atoms with Gasteiger partial charge in [0.1, 0.15) is 5.75 Å². The number of rotatable bonds is 6. The zero-order chi connectivity index (χ0) is 20.8. The third kappa shape index (κ3) is 4.90. The minimum absolute atomic E-state index is 0.0407. The number of benzene rings is 2. The maximum atomic E-state index is 12.6. The summed E-state index contributed by atoms with van der Waals surface area (Å²) in [6.45, 7) is 5.65. The first-order chi connectivity index (χ1) is 14.0. The summed E-state index contributed by atoms with van der Waals surface area (Å²) in [5.41, 5.74) is 2.51. The maximum absolute atomic E-state index is 12.6. The number of halogens is 1. The quantitative estimate of drug-likeness (QED) is 0.738. The molecule has 3 rings (SSSR count). The molecule has 1 heterocycles. The number of hydrogen-bond acceptors (Lipinski definition) is 4. The standard InChI is InChI=1S/C22H24ClN3O3/c1-3-21(27)25-9-11-26(12-10-25)22(28)15-24-19-14-18(23)17(13-20(19)29-2)16-7-5-4-6-8-16/h3-8,13-14,24H,1,9-12,15H2,2H3. The minimum atomic E-state index is -0.104. The number of carbonyl (C=O) groups is 2. The molecule has 152 valence electrons. The van der Waals surface area contributed by atoms with Crippen LogP contribution in [0.1, 0.15) is 0 Å². The van der Waals surface area contributed by atoms with E-state index in [4.69, 9.17) is 16.3 Å². The van der Waals surface area contributed by atoms with Crippen LogP contribution in [0.3, 0.4) is 0 Å². The van der Waals surface area contributed by atoms with Crippen molar-refractivity contribution in [3.05, 3.63) is 60.1 Å². The molecule has 0 saturated carbocycles. The SMILES string of the molecule is C=CC(=O)N1CCN(C(=O)CNc2cc(Cl)c(-c3ccccc3)cc2OC)CC1. The number of amides is 2. The molecule has 6 nitrogen and oxygen atoms in total. The van der Waals surface area contributed by atoms with Gasteiger partial charge in [-0.3, -0.25) is 9.59 Å². The van der Waals surface area contributed by atoms with E-state index in [1.165, 1.54) is 6.08 Å². The van der Waals surface area contributed by atoms with E-state index in [-0.39, 0.29) is 18.4 Å². The molecule has 0 radical (unpaired) electrons. The Labute approximate surface area is 175 Å². The van der Waals surface area contributed by atoms with E-state index in [1.807, 2.05) is 36.4 Å². The topological polar surface area (TPSA) is 61.9 Å². The summed E-state index contributed by atoms with van der Waals surface area (Å²) in [5.74, 6) is 0.469. The molecule has 29 heavy (non-hydrogen) atoms. The van der Waals surface area contributed by atoms with E-state index >= 15 is 0 Å². The van der Waals surface area contributed by atoms with Crippen LogP contribution >= 0.6 is 11.6 Å². The summed E-state index contributed by atoms with van der Waals surface area (Å²) in [4.78, 5) is 27.6. The lowest BCUT2D eigenvalue weighted by Crippen LogP contribution is -2.51. The number of anilines is 1. The number of methoxy groups -OCH3 is 1. The Morgan fingerprint density at radius 1 is 1.14 bits per heavy atom. The summed E-state index contributed by atoms with van der Waals surface area (Å²) >= 11 is 6.48. The number of carbonyl (C=O) groups excluding carboxylic acids is 2. The summed E-state index contributed by atoms with van der Waals surface area (Å²) < 4.78 is 5.49. The summed E-state index contributed by atoms with van der Waals surface area (Å²) in [6.07, 6.45) is 1.30. The fraction of sp³-hybridized carbons (Fsp3) is 0.273. The number of hydrogen-bond donors (Lipinski definition) is 1. The van der Waals surface area contributed by atoms with Gasteiger partial charge in [-0.25, -0.2) is 0 Å². The molecule has 0 aliphatic carbocycles. The van der Waals surface area contributed by atoms with E-state index in [0.29, 0.717) is 42.6 Å². The van der Waals surface area contributed by atoms with Gasteiger partial charge in [0.15, 0.2) is 0 Å². The van der Waals surface area contributed by atoms with Crippen molar-refractivity contribution in [2.45, 2.75) is 0 Å².